The Hall–Kier alpha value is -0.900. The summed E-state index contributed by atoms with van der Waals surface area (Å²) in [6.07, 6.45) is 8.96. The molecule has 1 aromatic rings. The van der Waals surface area contributed by atoms with Crippen LogP contribution < -0.4 is 21.5 Å². The summed E-state index contributed by atoms with van der Waals surface area (Å²) in [5, 5.41) is 0. The van der Waals surface area contributed by atoms with Crippen molar-refractivity contribution in [3.8, 4) is 0 Å². The number of pyridine rings is 1. The Kier molecular flexibility index (Phi) is 11.4. The number of nitrogens with zero attached hydrogens (tertiary/aromatic N) is 2. The molecule has 0 atom stereocenters. The highest BCUT2D eigenvalue weighted by molar-refractivity contribution is 5.76. The van der Waals surface area contributed by atoms with Crippen LogP contribution in [-0.4, -0.2) is 23.9 Å². The number of rotatable bonds is 9. The van der Waals surface area contributed by atoms with Crippen LogP contribution in [0.25, 0.3) is 0 Å². The summed E-state index contributed by atoms with van der Waals surface area (Å²) in [4.78, 5) is 14.1. The molecular weight excluding hydrogens is 316 g/mol. The minimum absolute atomic E-state index is 0. The minimum atomic E-state index is 0. The van der Waals surface area contributed by atoms with Crippen LogP contribution in [0.5, 0.6) is 0 Å². The van der Waals surface area contributed by atoms with Crippen molar-refractivity contribution in [2.24, 2.45) is 0 Å². The van der Waals surface area contributed by atoms with Gasteiger partial charge in [-0.3, -0.25) is 4.79 Å². The molecular formula is C16H27BrN2O. The van der Waals surface area contributed by atoms with Gasteiger partial charge in [-0.05, 0) is 19.3 Å². The number of halogens is 1. The molecule has 4 heteroatoms. The van der Waals surface area contributed by atoms with E-state index in [4.69, 9.17) is 0 Å². The number of carbonyl (C=O) groups excluding carboxylic acids is 1. The van der Waals surface area contributed by atoms with Crippen LogP contribution >= 0.6 is 0 Å². The molecule has 0 aliphatic heterocycles. The zero-order chi connectivity index (χ0) is 13.9. The average molecular weight is 343 g/mol. The first-order valence-corrected chi connectivity index (χ1v) is 7.49. The summed E-state index contributed by atoms with van der Waals surface area (Å²) in [6.45, 7) is 7.06. The molecule has 0 aliphatic rings. The zero-order valence-electron chi connectivity index (χ0n) is 12.7. The molecule has 1 amide bonds. The lowest BCUT2D eigenvalue weighted by molar-refractivity contribution is -0.697. The number of hydrogen-bond donors (Lipinski definition) is 0. The largest absolute Gasteiger partial charge is 1.00 e. The lowest BCUT2D eigenvalue weighted by atomic mass is 10.2. The van der Waals surface area contributed by atoms with Crippen LogP contribution in [0, 0.1) is 0 Å². The van der Waals surface area contributed by atoms with Crippen molar-refractivity contribution in [3.05, 3.63) is 30.6 Å². The number of aromatic nitrogens is 1. The Morgan fingerprint density at radius 2 is 1.60 bits per heavy atom. The van der Waals surface area contributed by atoms with Crippen LogP contribution in [0.4, 0.5) is 0 Å². The highest BCUT2D eigenvalue weighted by atomic mass is 79.9. The van der Waals surface area contributed by atoms with E-state index in [9.17, 15) is 4.79 Å². The van der Waals surface area contributed by atoms with Gasteiger partial charge in [-0.1, -0.05) is 19.9 Å². The number of hydrogen-bond acceptors (Lipinski definition) is 1. The molecule has 0 N–H and O–H groups in total. The van der Waals surface area contributed by atoms with Gasteiger partial charge in [-0.2, -0.15) is 0 Å². The average Bonchev–Trinajstić information content (AvgIpc) is 2.44. The van der Waals surface area contributed by atoms with Crippen LogP contribution in [0.15, 0.2) is 30.6 Å². The van der Waals surface area contributed by atoms with Crippen molar-refractivity contribution in [1.82, 2.24) is 4.90 Å². The molecule has 0 fully saturated rings. The first kappa shape index (κ1) is 19.1. The van der Waals surface area contributed by atoms with Crippen molar-refractivity contribution in [2.45, 2.75) is 52.5 Å². The van der Waals surface area contributed by atoms with Gasteiger partial charge in [-0.15, -0.1) is 0 Å². The van der Waals surface area contributed by atoms with E-state index in [1.807, 2.05) is 23.1 Å². The number of carbonyl (C=O) groups is 1. The SMILES string of the molecule is CCCN(CCC)C(=O)CCCC[n+]1ccccc1.[Br-]. The Balaban J connectivity index is 0.00000361. The van der Waals surface area contributed by atoms with Crippen molar-refractivity contribution in [1.29, 1.82) is 0 Å². The smallest absolute Gasteiger partial charge is 0.222 e. The molecule has 0 aromatic carbocycles. The monoisotopic (exact) mass is 342 g/mol. The van der Waals surface area contributed by atoms with E-state index in [0.717, 1.165) is 45.3 Å². The third-order valence-corrected chi connectivity index (χ3v) is 3.17. The fraction of sp³-hybridized carbons (Fsp3) is 0.625. The second kappa shape index (κ2) is 11.9. The molecule has 20 heavy (non-hydrogen) atoms. The summed E-state index contributed by atoms with van der Waals surface area (Å²) in [5.74, 6) is 0.321. The van der Waals surface area contributed by atoms with Crippen molar-refractivity contribution in [3.63, 3.8) is 0 Å². The van der Waals surface area contributed by atoms with Crippen molar-refractivity contribution < 1.29 is 26.3 Å². The van der Waals surface area contributed by atoms with Gasteiger partial charge in [0, 0.05) is 38.1 Å². The van der Waals surface area contributed by atoms with Gasteiger partial charge in [0.1, 0.15) is 6.54 Å². The van der Waals surface area contributed by atoms with Gasteiger partial charge in [0.15, 0.2) is 12.4 Å². The standard InChI is InChI=1S/C16H27N2O.BrH/c1-3-11-18(12-4-2)16(19)10-6-9-15-17-13-7-5-8-14-17;/h5,7-8,13-14H,3-4,6,9-12,15H2,1-2H3;1H/q+1;/p-1. The molecule has 0 bridgehead atoms. The summed E-state index contributed by atoms with van der Waals surface area (Å²) >= 11 is 0. The molecule has 0 saturated heterocycles. The molecule has 114 valence electrons. The van der Waals surface area contributed by atoms with E-state index >= 15 is 0 Å². The topological polar surface area (TPSA) is 24.2 Å². The fourth-order valence-electron chi connectivity index (χ4n) is 2.21. The zero-order valence-corrected chi connectivity index (χ0v) is 14.3. The van der Waals surface area contributed by atoms with Gasteiger partial charge >= 0.3 is 0 Å². The maximum absolute atomic E-state index is 12.1. The lowest BCUT2D eigenvalue weighted by Gasteiger charge is -2.21. The normalized spacial score (nSPS) is 9.90. The summed E-state index contributed by atoms with van der Waals surface area (Å²) < 4.78 is 2.17. The maximum atomic E-state index is 12.1. The van der Waals surface area contributed by atoms with E-state index in [2.05, 4.69) is 30.8 Å². The predicted molar refractivity (Wildman–Crippen MR) is 77.7 cm³/mol. The Labute approximate surface area is 133 Å². The van der Waals surface area contributed by atoms with Crippen LogP contribution in [0.1, 0.15) is 46.0 Å². The molecule has 0 radical (unpaired) electrons. The molecule has 0 saturated carbocycles. The number of amides is 1. The summed E-state index contributed by atoms with van der Waals surface area (Å²) in [5.41, 5.74) is 0. The van der Waals surface area contributed by atoms with Crippen LogP contribution in [0.2, 0.25) is 0 Å². The second-order valence-electron chi connectivity index (χ2n) is 4.95. The third kappa shape index (κ3) is 7.63. The van der Waals surface area contributed by atoms with Gasteiger partial charge < -0.3 is 21.9 Å². The van der Waals surface area contributed by atoms with E-state index in [1.165, 1.54) is 0 Å². The number of aryl methyl sites for hydroxylation is 1. The lowest BCUT2D eigenvalue weighted by Crippen LogP contribution is -3.00. The minimum Gasteiger partial charge on any atom is -1.00 e. The molecule has 3 nitrogen and oxygen atoms in total. The Morgan fingerprint density at radius 1 is 1.00 bits per heavy atom. The van der Waals surface area contributed by atoms with Crippen LogP contribution in [-0.2, 0) is 11.3 Å². The summed E-state index contributed by atoms with van der Waals surface area (Å²) in [6, 6.07) is 6.10. The first-order chi connectivity index (χ1) is 9.27. The molecule has 0 unspecified atom stereocenters. The molecule has 1 heterocycles. The maximum Gasteiger partial charge on any atom is 0.222 e. The van der Waals surface area contributed by atoms with E-state index in [0.29, 0.717) is 12.3 Å². The fourth-order valence-corrected chi connectivity index (χ4v) is 2.21. The van der Waals surface area contributed by atoms with Gasteiger partial charge in [0.25, 0.3) is 0 Å². The summed E-state index contributed by atoms with van der Waals surface area (Å²) in [7, 11) is 0. The quantitative estimate of drug-likeness (QED) is 0.450. The highest BCUT2D eigenvalue weighted by Crippen LogP contribution is 2.03. The molecule has 0 spiro atoms. The molecule has 1 aromatic heterocycles. The highest BCUT2D eigenvalue weighted by Gasteiger charge is 2.11. The third-order valence-electron chi connectivity index (χ3n) is 3.17. The van der Waals surface area contributed by atoms with Gasteiger partial charge in [0.05, 0.1) is 0 Å². The van der Waals surface area contributed by atoms with E-state index < -0.39 is 0 Å². The van der Waals surface area contributed by atoms with Crippen molar-refractivity contribution >= 4 is 5.91 Å². The van der Waals surface area contributed by atoms with E-state index in [-0.39, 0.29) is 17.0 Å². The van der Waals surface area contributed by atoms with Crippen LogP contribution in [0.3, 0.4) is 0 Å². The molecule has 0 aliphatic carbocycles. The molecule has 1 rings (SSSR count). The van der Waals surface area contributed by atoms with Gasteiger partial charge in [-0.25, -0.2) is 4.57 Å². The van der Waals surface area contributed by atoms with Gasteiger partial charge in [0.2, 0.25) is 5.91 Å². The number of unbranched alkanes of at least 4 members (excludes halogenated alkanes) is 1. The van der Waals surface area contributed by atoms with Crippen molar-refractivity contribution in [2.75, 3.05) is 13.1 Å². The Bertz CT molecular complexity index is 351. The predicted octanol–water partition coefficient (Wildman–Crippen LogP) is -0.203. The Morgan fingerprint density at radius 3 is 2.15 bits per heavy atom. The second-order valence-corrected chi connectivity index (χ2v) is 4.95. The van der Waals surface area contributed by atoms with E-state index in [1.54, 1.807) is 0 Å². The first-order valence-electron chi connectivity index (χ1n) is 7.49.